The van der Waals surface area contributed by atoms with E-state index < -0.39 is 6.03 Å². The molecule has 0 radical (unpaired) electrons. The number of hydrogen-bond donors (Lipinski definition) is 2. The van der Waals surface area contributed by atoms with Crippen LogP contribution in [0.3, 0.4) is 0 Å². The van der Waals surface area contributed by atoms with E-state index in [1.165, 1.54) is 0 Å². The predicted molar refractivity (Wildman–Crippen MR) is 90.9 cm³/mol. The molecule has 0 aromatic heterocycles. The highest BCUT2D eigenvalue weighted by atomic mass is 35.5. The molecular formula is C16H24ClN3O3. The van der Waals surface area contributed by atoms with Crippen molar-refractivity contribution in [3.63, 3.8) is 0 Å². The van der Waals surface area contributed by atoms with Crippen molar-refractivity contribution in [2.75, 3.05) is 26.7 Å². The lowest BCUT2D eigenvalue weighted by Gasteiger charge is -2.21. The van der Waals surface area contributed by atoms with Crippen LogP contribution < -0.4 is 15.4 Å². The third kappa shape index (κ3) is 9.05. The van der Waals surface area contributed by atoms with E-state index in [1.54, 1.807) is 24.1 Å². The monoisotopic (exact) mass is 341 g/mol. The number of likely N-dealkylation sites (N-methyl/N-ethyl adjacent to an activating group) is 1. The van der Waals surface area contributed by atoms with E-state index in [4.69, 9.17) is 16.3 Å². The Hall–Kier alpha value is -1.79. The third-order valence-electron chi connectivity index (χ3n) is 2.69. The maximum absolute atomic E-state index is 11.8. The summed E-state index contributed by atoms with van der Waals surface area (Å²) in [5.74, 6) is 0.317. The summed E-state index contributed by atoms with van der Waals surface area (Å²) in [5.41, 5.74) is -0.388. The Morgan fingerprint density at radius 1 is 1.30 bits per heavy atom. The molecule has 1 aromatic rings. The molecule has 0 aliphatic heterocycles. The van der Waals surface area contributed by atoms with Crippen LogP contribution in [0.25, 0.3) is 0 Å². The molecule has 2 N–H and O–H groups in total. The van der Waals surface area contributed by atoms with Crippen LogP contribution in [-0.4, -0.2) is 49.1 Å². The molecule has 0 aliphatic carbocycles. The van der Waals surface area contributed by atoms with Gasteiger partial charge in [-0.05, 0) is 46.0 Å². The fourth-order valence-corrected chi connectivity index (χ4v) is 1.92. The summed E-state index contributed by atoms with van der Waals surface area (Å²) in [5, 5.41) is 5.57. The molecule has 0 saturated heterocycles. The summed E-state index contributed by atoms with van der Waals surface area (Å²) in [6.45, 7) is 6.60. The Morgan fingerprint density at radius 2 is 2.00 bits per heavy atom. The van der Waals surface area contributed by atoms with Gasteiger partial charge in [0.1, 0.15) is 12.4 Å². The first-order chi connectivity index (χ1) is 10.7. The standard InChI is InChI=1S/C16H24ClN3O3/c1-16(2,3)19-15(22)18-14(21)11-20(4)8-9-23-13-7-5-6-12(17)10-13/h5-7,10H,8-9,11H2,1-4H3,(H2,18,19,21,22). The minimum absolute atomic E-state index is 0.108. The second-order valence-electron chi connectivity index (χ2n) is 6.30. The molecule has 0 fully saturated rings. The smallest absolute Gasteiger partial charge is 0.321 e. The number of nitrogens with zero attached hydrogens (tertiary/aromatic N) is 1. The van der Waals surface area contributed by atoms with Crippen molar-refractivity contribution in [2.24, 2.45) is 0 Å². The average Bonchev–Trinajstić information content (AvgIpc) is 2.35. The minimum atomic E-state index is -0.494. The zero-order chi connectivity index (χ0) is 17.5. The number of hydrogen-bond acceptors (Lipinski definition) is 4. The number of amides is 3. The van der Waals surface area contributed by atoms with Gasteiger partial charge in [-0.3, -0.25) is 15.0 Å². The molecule has 1 aromatic carbocycles. The lowest BCUT2D eigenvalue weighted by Crippen LogP contribution is -2.50. The number of carbonyl (C=O) groups excluding carboxylic acids is 2. The van der Waals surface area contributed by atoms with Crippen LogP contribution in [0.1, 0.15) is 20.8 Å². The molecule has 1 rings (SSSR count). The van der Waals surface area contributed by atoms with Crippen LogP contribution in [-0.2, 0) is 4.79 Å². The largest absolute Gasteiger partial charge is 0.492 e. The molecule has 3 amide bonds. The molecule has 6 nitrogen and oxygen atoms in total. The lowest BCUT2D eigenvalue weighted by molar-refractivity contribution is -0.120. The van der Waals surface area contributed by atoms with E-state index in [1.807, 2.05) is 32.9 Å². The molecule has 0 saturated carbocycles. The number of urea groups is 1. The molecule has 23 heavy (non-hydrogen) atoms. The Morgan fingerprint density at radius 3 is 2.61 bits per heavy atom. The zero-order valence-corrected chi connectivity index (χ0v) is 14.7. The SMILES string of the molecule is CN(CCOc1cccc(Cl)c1)CC(=O)NC(=O)NC(C)(C)C. The number of imide groups is 1. The van der Waals surface area contributed by atoms with E-state index >= 15 is 0 Å². The van der Waals surface area contributed by atoms with Gasteiger partial charge in [0.05, 0.1) is 6.54 Å². The molecule has 128 valence electrons. The van der Waals surface area contributed by atoms with Crippen molar-refractivity contribution in [2.45, 2.75) is 26.3 Å². The van der Waals surface area contributed by atoms with Crippen LogP contribution in [0.4, 0.5) is 4.79 Å². The molecule has 0 aliphatic rings. The summed E-state index contributed by atoms with van der Waals surface area (Å²) < 4.78 is 5.55. The van der Waals surface area contributed by atoms with Crippen LogP contribution in [0.5, 0.6) is 5.75 Å². The molecule has 0 atom stereocenters. The summed E-state index contributed by atoms with van der Waals surface area (Å²) in [7, 11) is 1.78. The molecule has 0 unspecified atom stereocenters. The quantitative estimate of drug-likeness (QED) is 0.832. The van der Waals surface area contributed by atoms with Gasteiger partial charge < -0.3 is 10.1 Å². The number of rotatable bonds is 6. The first kappa shape index (κ1) is 19.3. The number of halogens is 1. The van der Waals surface area contributed by atoms with Gasteiger partial charge in [0.25, 0.3) is 0 Å². The molecule has 7 heteroatoms. The van der Waals surface area contributed by atoms with Crippen LogP contribution in [0.2, 0.25) is 5.02 Å². The van der Waals surface area contributed by atoms with E-state index in [-0.39, 0.29) is 18.0 Å². The summed E-state index contributed by atoms with van der Waals surface area (Å²) in [6.07, 6.45) is 0. The topological polar surface area (TPSA) is 70.7 Å². The van der Waals surface area contributed by atoms with Crippen molar-refractivity contribution < 1.29 is 14.3 Å². The average molecular weight is 342 g/mol. The molecule has 0 spiro atoms. The fourth-order valence-electron chi connectivity index (χ4n) is 1.74. The van der Waals surface area contributed by atoms with Crippen molar-refractivity contribution in [1.29, 1.82) is 0 Å². The first-order valence-corrected chi connectivity index (χ1v) is 7.72. The highest BCUT2D eigenvalue weighted by molar-refractivity contribution is 6.30. The highest BCUT2D eigenvalue weighted by Crippen LogP contribution is 2.16. The van der Waals surface area contributed by atoms with Crippen molar-refractivity contribution in [3.8, 4) is 5.75 Å². The first-order valence-electron chi connectivity index (χ1n) is 7.34. The van der Waals surface area contributed by atoms with Crippen LogP contribution >= 0.6 is 11.6 Å². The number of nitrogens with one attached hydrogen (secondary N) is 2. The van der Waals surface area contributed by atoms with Gasteiger partial charge in [0.2, 0.25) is 5.91 Å². The second-order valence-corrected chi connectivity index (χ2v) is 6.73. The third-order valence-corrected chi connectivity index (χ3v) is 2.93. The molecular weight excluding hydrogens is 318 g/mol. The van der Waals surface area contributed by atoms with E-state index in [9.17, 15) is 9.59 Å². The maximum atomic E-state index is 11.8. The second kappa shape index (κ2) is 8.74. The van der Waals surface area contributed by atoms with E-state index in [0.29, 0.717) is 23.9 Å². The van der Waals surface area contributed by atoms with Crippen LogP contribution in [0, 0.1) is 0 Å². The van der Waals surface area contributed by atoms with Crippen molar-refractivity contribution in [3.05, 3.63) is 29.3 Å². The van der Waals surface area contributed by atoms with Gasteiger partial charge in [-0.15, -0.1) is 0 Å². The maximum Gasteiger partial charge on any atom is 0.321 e. The Labute approximate surface area is 142 Å². The summed E-state index contributed by atoms with van der Waals surface area (Å²) in [6, 6.07) is 6.63. The Bertz CT molecular complexity index is 544. The van der Waals surface area contributed by atoms with Crippen LogP contribution in [0.15, 0.2) is 24.3 Å². The van der Waals surface area contributed by atoms with Gasteiger partial charge in [0, 0.05) is 17.1 Å². The molecule has 0 heterocycles. The van der Waals surface area contributed by atoms with Gasteiger partial charge >= 0.3 is 6.03 Å². The van der Waals surface area contributed by atoms with E-state index in [0.717, 1.165) is 0 Å². The van der Waals surface area contributed by atoms with E-state index in [2.05, 4.69) is 10.6 Å². The van der Waals surface area contributed by atoms with Crippen molar-refractivity contribution >= 4 is 23.5 Å². The summed E-state index contributed by atoms with van der Waals surface area (Å²) in [4.78, 5) is 25.1. The highest BCUT2D eigenvalue weighted by Gasteiger charge is 2.16. The minimum Gasteiger partial charge on any atom is -0.492 e. The zero-order valence-electron chi connectivity index (χ0n) is 14.0. The van der Waals surface area contributed by atoms with Gasteiger partial charge in [-0.1, -0.05) is 17.7 Å². The lowest BCUT2D eigenvalue weighted by atomic mass is 10.1. The summed E-state index contributed by atoms with van der Waals surface area (Å²) >= 11 is 5.87. The Balaban J connectivity index is 2.26. The van der Waals surface area contributed by atoms with Gasteiger partial charge in [-0.2, -0.15) is 0 Å². The Kier molecular flexibility index (Phi) is 7.32. The fraction of sp³-hybridized carbons (Fsp3) is 0.500. The van der Waals surface area contributed by atoms with Gasteiger partial charge in [0.15, 0.2) is 0 Å². The van der Waals surface area contributed by atoms with Crippen molar-refractivity contribution in [1.82, 2.24) is 15.5 Å². The molecule has 0 bridgehead atoms. The number of benzene rings is 1. The normalized spacial score (nSPS) is 11.2. The number of ether oxygens (including phenoxy) is 1. The van der Waals surface area contributed by atoms with Gasteiger partial charge in [-0.25, -0.2) is 4.79 Å². The predicted octanol–water partition coefficient (Wildman–Crippen LogP) is 2.27. The number of carbonyl (C=O) groups is 2.